The van der Waals surface area contributed by atoms with Gasteiger partial charge in [0, 0.05) is 25.5 Å². The average Bonchev–Trinajstić information content (AvgIpc) is 3.37. The lowest BCUT2D eigenvalue weighted by Gasteiger charge is -2.22. The maximum Gasteiger partial charge on any atom is 0.255 e. The number of carbonyl (C=O) groups is 2. The molecule has 0 aliphatic rings. The monoisotopic (exact) mass is 498 g/mol. The third-order valence-electron chi connectivity index (χ3n) is 5.91. The molecule has 190 valence electrons. The van der Waals surface area contributed by atoms with Crippen molar-refractivity contribution in [1.29, 1.82) is 0 Å². The Kier molecular flexibility index (Phi) is 8.40. The highest BCUT2D eigenvalue weighted by Crippen LogP contribution is 2.15. The molecule has 2 atom stereocenters. The van der Waals surface area contributed by atoms with Crippen LogP contribution in [0, 0.1) is 0 Å². The molecule has 0 aliphatic carbocycles. The van der Waals surface area contributed by atoms with Gasteiger partial charge in [0.05, 0.1) is 17.3 Å². The minimum absolute atomic E-state index is 0.228. The van der Waals surface area contributed by atoms with Gasteiger partial charge in [0.15, 0.2) is 11.9 Å². The molecule has 0 aliphatic heterocycles. The largest absolute Gasteiger partial charge is 0.381 e. The molecule has 0 radical (unpaired) electrons. The van der Waals surface area contributed by atoms with Crippen LogP contribution in [-0.2, 0) is 24.3 Å². The summed E-state index contributed by atoms with van der Waals surface area (Å²) in [7, 11) is 2.02. The van der Waals surface area contributed by atoms with Crippen LogP contribution in [0.4, 0.5) is 0 Å². The second-order valence-corrected chi connectivity index (χ2v) is 8.90. The molecule has 0 saturated carbocycles. The maximum atomic E-state index is 13.3. The lowest BCUT2D eigenvalue weighted by molar-refractivity contribution is -0.127. The van der Waals surface area contributed by atoms with E-state index in [1.165, 1.54) is 5.56 Å². The van der Waals surface area contributed by atoms with Gasteiger partial charge in [-0.05, 0) is 42.8 Å². The first kappa shape index (κ1) is 25.7. The smallest absolute Gasteiger partial charge is 0.255 e. The summed E-state index contributed by atoms with van der Waals surface area (Å²) in [5, 5.41) is 17.8. The molecular weight excluding hydrogens is 468 g/mol. The van der Waals surface area contributed by atoms with E-state index in [0.29, 0.717) is 12.4 Å². The number of hydrogen-bond acceptors (Lipinski definition) is 6. The number of benzene rings is 2. The van der Waals surface area contributed by atoms with E-state index >= 15 is 0 Å². The summed E-state index contributed by atoms with van der Waals surface area (Å²) < 4.78 is 1.55. The average molecular weight is 499 g/mol. The molecule has 2 unspecified atom stereocenters. The summed E-state index contributed by atoms with van der Waals surface area (Å²) in [4.78, 5) is 31.5. The van der Waals surface area contributed by atoms with Gasteiger partial charge in [0.25, 0.3) is 5.91 Å². The van der Waals surface area contributed by atoms with Gasteiger partial charge in [0.1, 0.15) is 0 Å². The molecule has 0 bridgehead atoms. The summed E-state index contributed by atoms with van der Waals surface area (Å²) in [5.41, 5.74) is 8.47. The quantitative estimate of drug-likeness (QED) is 0.291. The van der Waals surface area contributed by atoms with Crippen molar-refractivity contribution in [2.75, 3.05) is 7.05 Å². The van der Waals surface area contributed by atoms with Crippen LogP contribution in [0.1, 0.15) is 27.2 Å². The summed E-state index contributed by atoms with van der Waals surface area (Å²) in [6.07, 6.45) is 2.01. The van der Waals surface area contributed by atoms with E-state index < -0.39 is 24.0 Å². The van der Waals surface area contributed by atoms with E-state index in [9.17, 15) is 14.7 Å². The Bertz CT molecular complexity index is 1330. The zero-order chi connectivity index (χ0) is 26.2. The van der Waals surface area contributed by atoms with Crippen molar-refractivity contribution in [2.24, 2.45) is 5.73 Å². The standard InChI is InChI=1S/C28H30N6O3/c1-33(18-21-11-6-3-7-12-21)19-22-14-16-34(32-22)27-23(13-8-15-30-27)28(37)31-24(25(35)26(29)36)17-20-9-4-2-5-10-20/h2-16,24-25,35H,17-19H2,1H3,(H2,29,36)(H,31,37). The van der Waals surface area contributed by atoms with Gasteiger partial charge in [-0.1, -0.05) is 60.7 Å². The Labute approximate surface area is 215 Å². The normalized spacial score (nSPS) is 12.7. The number of nitrogens with two attached hydrogens (primary N) is 1. The zero-order valence-corrected chi connectivity index (χ0v) is 20.6. The van der Waals surface area contributed by atoms with E-state index in [4.69, 9.17) is 5.73 Å². The second-order valence-electron chi connectivity index (χ2n) is 8.90. The van der Waals surface area contributed by atoms with E-state index in [1.54, 1.807) is 29.2 Å². The molecule has 2 amide bonds. The van der Waals surface area contributed by atoms with Crippen LogP contribution in [0.5, 0.6) is 0 Å². The summed E-state index contributed by atoms with van der Waals surface area (Å²) >= 11 is 0. The Morgan fingerprint density at radius 1 is 0.973 bits per heavy atom. The van der Waals surface area contributed by atoms with Gasteiger partial charge < -0.3 is 16.2 Å². The van der Waals surface area contributed by atoms with Crippen molar-refractivity contribution in [1.82, 2.24) is 25.0 Å². The van der Waals surface area contributed by atoms with E-state index in [0.717, 1.165) is 17.8 Å². The third-order valence-corrected chi connectivity index (χ3v) is 5.91. The molecule has 2 aromatic carbocycles. The number of carbonyl (C=O) groups excluding carboxylic acids is 2. The highest BCUT2D eigenvalue weighted by atomic mass is 16.3. The molecule has 9 heteroatoms. The van der Waals surface area contributed by atoms with Crippen molar-refractivity contribution in [3.8, 4) is 5.82 Å². The topological polar surface area (TPSA) is 126 Å². The molecule has 2 aromatic heterocycles. The number of rotatable bonds is 11. The number of primary amides is 1. The summed E-state index contributed by atoms with van der Waals surface area (Å²) in [6, 6.07) is 23.7. The first-order chi connectivity index (χ1) is 17.9. The zero-order valence-electron chi connectivity index (χ0n) is 20.6. The van der Waals surface area contributed by atoms with Gasteiger partial charge in [-0.15, -0.1) is 0 Å². The minimum atomic E-state index is -1.55. The molecule has 4 aromatic rings. The Balaban J connectivity index is 1.50. The number of aromatic nitrogens is 3. The summed E-state index contributed by atoms with van der Waals surface area (Å²) in [5.74, 6) is -1.07. The summed E-state index contributed by atoms with van der Waals surface area (Å²) in [6.45, 7) is 1.39. The van der Waals surface area contributed by atoms with Gasteiger partial charge in [0.2, 0.25) is 5.91 Å². The SMILES string of the molecule is CN(Cc1ccccc1)Cc1ccn(-c2ncccc2C(=O)NC(Cc2ccccc2)C(O)C(N)=O)n1. The van der Waals surface area contributed by atoms with Crippen molar-refractivity contribution in [2.45, 2.75) is 31.7 Å². The molecule has 0 saturated heterocycles. The Hall–Kier alpha value is -4.34. The van der Waals surface area contributed by atoms with Crippen molar-refractivity contribution < 1.29 is 14.7 Å². The number of aliphatic hydroxyl groups is 1. The van der Waals surface area contributed by atoms with Crippen LogP contribution in [0.15, 0.2) is 91.3 Å². The second kappa shape index (κ2) is 12.1. The van der Waals surface area contributed by atoms with Crippen molar-refractivity contribution in [3.05, 3.63) is 114 Å². The third kappa shape index (κ3) is 6.87. The molecule has 9 nitrogen and oxygen atoms in total. The van der Waals surface area contributed by atoms with Crippen LogP contribution in [0.3, 0.4) is 0 Å². The number of amides is 2. The minimum Gasteiger partial charge on any atom is -0.381 e. The Morgan fingerprint density at radius 3 is 2.32 bits per heavy atom. The van der Waals surface area contributed by atoms with E-state index in [1.807, 2.05) is 61.6 Å². The highest BCUT2D eigenvalue weighted by Gasteiger charge is 2.27. The van der Waals surface area contributed by atoms with Crippen molar-refractivity contribution >= 4 is 11.8 Å². The van der Waals surface area contributed by atoms with Gasteiger partial charge in [-0.3, -0.25) is 14.5 Å². The van der Waals surface area contributed by atoms with Crippen LogP contribution in [-0.4, -0.2) is 55.8 Å². The van der Waals surface area contributed by atoms with Gasteiger partial charge >= 0.3 is 0 Å². The molecule has 37 heavy (non-hydrogen) atoms. The van der Waals surface area contributed by atoms with Gasteiger partial charge in [-0.2, -0.15) is 5.10 Å². The highest BCUT2D eigenvalue weighted by molar-refractivity contribution is 5.97. The lowest BCUT2D eigenvalue weighted by Crippen LogP contribution is -2.50. The number of aliphatic hydroxyl groups excluding tert-OH is 1. The first-order valence-corrected chi connectivity index (χ1v) is 12.0. The van der Waals surface area contributed by atoms with Crippen LogP contribution >= 0.6 is 0 Å². The van der Waals surface area contributed by atoms with Crippen LogP contribution in [0.25, 0.3) is 5.82 Å². The fraction of sp³-hybridized carbons (Fsp3) is 0.214. The van der Waals surface area contributed by atoms with E-state index in [-0.39, 0.29) is 12.0 Å². The molecule has 2 heterocycles. The molecule has 0 fully saturated rings. The molecule has 0 spiro atoms. The molecule has 4 rings (SSSR count). The fourth-order valence-corrected chi connectivity index (χ4v) is 4.10. The van der Waals surface area contributed by atoms with E-state index in [2.05, 4.69) is 32.4 Å². The molecular formula is C28H30N6O3. The van der Waals surface area contributed by atoms with Gasteiger partial charge in [-0.25, -0.2) is 9.67 Å². The lowest BCUT2D eigenvalue weighted by atomic mass is 10.0. The number of nitrogens with zero attached hydrogens (tertiary/aromatic N) is 4. The maximum absolute atomic E-state index is 13.3. The number of pyridine rings is 1. The van der Waals surface area contributed by atoms with Crippen LogP contribution in [0.2, 0.25) is 0 Å². The van der Waals surface area contributed by atoms with Crippen LogP contribution < -0.4 is 11.1 Å². The van der Waals surface area contributed by atoms with Crippen molar-refractivity contribution in [3.63, 3.8) is 0 Å². The number of hydrogen-bond donors (Lipinski definition) is 3. The first-order valence-electron chi connectivity index (χ1n) is 12.0. The Morgan fingerprint density at radius 2 is 1.65 bits per heavy atom. The predicted molar refractivity (Wildman–Crippen MR) is 140 cm³/mol. The number of nitrogens with one attached hydrogen (secondary N) is 1. The molecule has 4 N–H and O–H groups in total. The fourth-order valence-electron chi connectivity index (χ4n) is 4.10. The predicted octanol–water partition coefficient (Wildman–Crippen LogP) is 2.09.